The number of aromatic nitrogens is 1. The number of amides is 1. The van der Waals surface area contributed by atoms with E-state index in [4.69, 9.17) is 28.9 Å². The summed E-state index contributed by atoms with van der Waals surface area (Å²) < 4.78 is 0. The van der Waals surface area contributed by atoms with Gasteiger partial charge in [0.1, 0.15) is 5.01 Å². The van der Waals surface area contributed by atoms with Gasteiger partial charge in [0.15, 0.2) is 0 Å². The van der Waals surface area contributed by atoms with Crippen LogP contribution in [0.5, 0.6) is 0 Å². The number of carbonyl (C=O) groups excluding carboxylic acids is 1. The first-order valence-electron chi connectivity index (χ1n) is 4.75. The van der Waals surface area contributed by atoms with Gasteiger partial charge >= 0.3 is 0 Å². The minimum atomic E-state index is -0.404. The van der Waals surface area contributed by atoms with Gasteiger partial charge in [0.2, 0.25) is 5.91 Å². The van der Waals surface area contributed by atoms with Gasteiger partial charge in [-0.3, -0.25) is 4.79 Å². The Balaban J connectivity index is 2.37. The third-order valence-corrected chi connectivity index (χ3v) is 3.83. The second kappa shape index (κ2) is 5.04. The highest BCUT2D eigenvalue weighted by Crippen LogP contribution is 2.34. The lowest BCUT2D eigenvalue weighted by molar-refractivity contribution is -0.117. The van der Waals surface area contributed by atoms with Crippen LogP contribution in [0.15, 0.2) is 23.6 Å². The van der Waals surface area contributed by atoms with E-state index in [9.17, 15) is 4.79 Å². The highest BCUT2D eigenvalue weighted by atomic mass is 35.5. The van der Waals surface area contributed by atoms with Crippen molar-refractivity contribution in [1.29, 1.82) is 0 Å². The summed E-state index contributed by atoms with van der Waals surface area (Å²) >= 11 is 13.4. The van der Waals surface area contributed by atoms with Gasteiger partial charge in [-0.25, -0.2) is 4.98 Å². The van der Waals surface area contributed by atoms with E-state index in [0.29, 0.717) is 15.7 Å². The molecule has 2 aromatic rings. The lowest BCUT2D eigenvalue weighted by Crippen LogP contribution is -2.13. The van der Waals surface area contributed by atoms with Crippen LogP contribution in [0.25, 0.3) is 10.6 Å². The van der Waals surface area contributed by atoms with Crippen molar-refractivity contribution in [2.45, 2.75) is 6.42 Å². The van der Waals surface area contributed by atoms with E-state index in [2.05, 4.69) is 4.98 Å². The minimum Gasteiger partial charge on any atom is -0.369 e. The Hall–Kier alpha value is -1.10. The number of benzene rings is 1. The van der Waals surface area contributed by atoms with E-state index in [-0.39, 0.29) is 6.42 Å². The second-order valence-corrected chi connectivity index (χ2v) is 5.03. The summed E-state index contributed by atoms with van der Waals surface area (Å²) in [6.07, 6.45) is 0.134. The average Bonchev–Trinajstić information content (AvgIpc) is 2.69. The van der Waals surface area contributed by atoms with Crippen molar-refractivity contribution in [3.8, 4) is 10.6 Å². The molecule has 0 fully saturated rings. The first-order valence-corrected chi connectivity index (χ1v) is 6.38. The zero-order valence-corrected chi connectivity index (χ0v) is 10.9. The maximum atomic E-state index is 10.8. The number of primary amides is 1. The quantitative estimate of drug-likeness (QED) is 0.942. The molecule has 1 aromatic carbocycles. The number of hydrogen-bond acceptors (Lipinski definition) is 3. The maximum absolute atomic E-state index is 10.8. The monoisotopic (exact) mass is 286 g/mol. The molecule has 88 valence electrons. The summed E-state index contributed by atoms with van der Waals surface area (Å²) in [7, 11) is 0. The average molecular weight is 287 g/mol. The molecule has 0 spiro atoms. The van der Waals surface area contributed by atoms with Gasteiger partial charge in [0.05, 0.1) is 22.2 Å². The summed E-state index contributed by atoms with van der Waals surface area (Å²) in [6.45, 7) is 0. The summed E-state index contributed by atoms with van der Waals surface area (Å²) in [6, 6.07) is 5.35. The summed E-state index contributed by atoms with van der Waals surface area (Å²) in [4.78, 5) is 15.1. The summed E-state index contributed by atoms with van der Waals surface area (Å²) in [5.74, 6) is -0.404. The van der Waals surface area contributed by atoms with Crippen molar-refractivity contribution >= 4 is 40.4 Å². The van der Waals surface area contributed by atoms with Crippen LogP contribution in [-0.4, -0.2) is 10.9 Å². The number of hydrogen-bond donors (Lipinski definition) is 1. The molecule has 0 unspecified atom stereocenters. The molecule has 0 aliphatic heterocycles. The number of nitrogens with zero attached hydrogens (tertiary/aromatic N) is 1. The Bertz CT molecular complexity index is 568. The molecule has 17 heavy (non-hydrogen) atoms. The van der Waals surface area contributed by atoms with E-state index in [1.165, 1.54) is 11.3 Å². The zero-order chi connectivity index (χ0) is 12.4. The lowest BCUT2D eigenvalue weighted by atomic mass is 10.2. The molecule has 2 rings (SSSR count). The van der Waals surface area contributed by atoms with Gasteiger partial charge in [-0.2, -0.15) is 0 Å². The number of rotatable bonds is 3. The molecule has 1 heterocycles. The number of halogens is 2. The second-order valence-electron chi connectivity index (χ2n) is 3.39. The molecule has 6 heteroatoms. The molecule has 0 bridgehead atoms. The van der Waals surface area contributed by atoms with E-state index < -0.39 is 5.91 Å². The van der Waals surface area contributed by atoms with Gasteiger partial charge in [0, 0.05) is 10.9 Å². The van der Waals surface area contributed by atoms with Crippen LogP contribution in [0, 0.1) is 0 Å². The van der Waals surface area contributed by atoms with E-state index >= 15 is 0 Å². The fourth-order valence-electron chi connectivity index (χ4n) is 1.36. The van der Waals surface area contributed by atoms with Crippen LogP contribution in [0.3, 0.4) is 0 Å². The van der Waals surface area contributed by atoms with Crippen LogP contribution in [0.1, 0.15) is 5.69 Å². The predicted molar refractivity (Wildman–Crippen MR) is 70.5 cm³/mol. The SMILES string of the molecule is NC(=O)Cc1csc(-c2cccc(Cl)c2Cl)n1. The van der Waals surface area contributed by atoms with Crippen LogP contribution < -0.4 is 5.73 Å². The molecule has 0 aliphatic rings. The van der Waals surface area contributed by atoms with E-state index in [1.807, 2.05) is 6.07 Å². The first kappa shape index (κ1) is 12.4. The molecular weight excluding hydrogens is 279 g/mol. The topological polar surface area (TPSA) is 56.0 Å². The number of thiazole rings is 1. The fraction of sp³-hybridized carbons (Fsp3) is 0.0909. The first-order chi connectivity index (χ1) is 8.08. The van der Waals surface area contributed by atoms with Gasteiger partial charge in [-0.05, 0) is 6.07 Å². The summed E-state index contributed by atoms with van der Waals surface area (Å²) in [5, 5.41) is 3.47. The van der Waals surface area contributed by atoms with Crippen molar-refractivity contribution < 1.29 is 4.79 Å². The van der Waals surface area contributed by atoms with E-state index in [1.54, 1.807) is 17.5 Å². The highest BCUT2D eigenvalue weighted by molar-refractivity contribution is 7.13. The molecule has 0 saturated heterocycles. The molecule has 3 nitrogen and oxygen atoms in total. The maximum Gasteiger partial charge on any atom is 0.223 e. The normalized spacial score (nSPS) is 10.5. The van der Waals surface area contributed by atoms with Gasteiger partial charge in [-0.1, -0.05) is 35.3 Å². The predicted octanol–water partition coefficient (Wildman–Crippen LogP) is 3.14. The molecular formula is C11H8Cl2N2OS. The lowest BCUT2D eigenvalue weighted by Gasteiger charge is -2.01. The van der Waals surface area contributed by atoms with Gasteiger partial charge in [0.25, 0.3) is 0 Å². The standard InChI is InChI=1S/C11H8Cl2N2OS/c12-8-3-1-2-7(10(8)13)11-15-6(5-17-11)4-9(14)16/h1-3,5H,4H2,(H2,14,16). The molecule has 0 atom stereocenters. The number of nitrogens with two attached hydrogens (primary N) is 1. The van der Waals surface area contributed by atoms with Crippen molar-refractivity contribution in [2.75, 3.05) is 0 Å². The smallest absolute Gasteiger partial charge is 0.223 e. The third kappa shape index (κ3) is 2.77. The molecule has 2 N–H and O–H groups in total. The van der Waals surface area contributed by atoms with E-state index in [0.717, 1.165) is 10.6 Å². The van der Waals surface area contributed by atoms with Crippen molar-refractivity contribution in [2.24, 2.45) is 5.73 Å². The Kier molecular flexibility index (Phi) is 3.66. The minimum absolute atomic E-state index is 0.134. The Morgan fingerprint density at radius 3 is 2.88 bits per heavy atom. The van der Waals surface area contributed by atoms with Crippen LogP contribution in [0.2, 0.25) is 10.0 Å². The zero-order valence-electron chi connectivity index (χ0n) is 8.61. The van der Waals surface area contributed by atoms with Crippen LogP contribution >= 0.6 is 34.5 Å². The molecule has 0 aliphatic carbocycles. The third-order valence-electron chi connectivity index (χ3n) is 2.09. The van der Waals surface area contributed by atoms with Crippen molar-refractivity contribution in [1.82, 2.24) is 4.98 Å². The fourth-order valence-corrected chi connectivity index (χ4v) is 2.66. The van der Waals surface area contributed by atoms with Crippen LogP contribution in [-0.2, 0) is 11.2 Å². The Morgan fingerprint density at radius 1 is 1.41 bits per heavy atom. The molecule has 0 saturated carbocycles. The number of carbonyl (C=O) groups is 1. The largest absolute Gasteiger partial charge is 0.369 e. The van der Waals surface area contributed by atoms with Gasteiger partial charge in [-0.15, -0.1) is 11.3 Å². The Labute approximate surface area is 112 Å². The molecule has 1 amide bonds. The molecule has 0 radical (unpaired) electrons. The van der Waals surface area contributed by atoms with Crippen molar-refractivity contribution in [3.05, 3.63) is 39.3 Å². The molecule has 1 aromatic heterocycles. The highest BCUT2D eigenvalue weighted by Gasteiger charge is 2.11. The van der Waals surface area contributed by atoms with Gasteiger partial charge < -0.3 is 5.73 Å². The Morgan fingerprint density at radius 2 is 2.18 bits per heavy atom. The summed E-state index contributed by atoms with van der Waals surface area (Å²) in [5.41, 5.74) is 6.52. The van der Waals surface area contributed by atoms with Crippen LogP contribution in [0.4, 0.5) is 0 Å². The van der Waals surface area contributed by atoms with Crippen molar-refractivity contribution in [3.63, 3.8) is 0 Å².